The quantitative estimate of drug-likeness (QED) is 0.385. The number of halogens is 1. The van der Waals surface area contributed by atoms with E-state index in [1.807, 2.05) is 12.1 Å². The number of aromatic carboxylic acids is 1. The number of carboxylic acid groups (broad SMARTS) is 1. The van der Waals surface area contributed by atoms with Crippen LogP contribution in [0.2, 0.25) is 0 Å². The van der Waals surface area contributed by atoms with Crippen molar-refractivity contribution in [3.05, 3.63) is 69.4 Å². The highest BCUT2D eigenvalue weighted by molar-refractivity contribution is 5.92. The summed E-state index contributed by atoms with van der Waals surface area (Å²) in [6.07, 6.45) is 5.40. The summed E-state index contributed by atoms with van der Waals surface area (Å²) in [4.78, 5) is 39.0. The van der Waals surface area contributed by atoms with Gasteiger partial charge in [-0.25, -0.2) is 19.2 Å². The predicted molar refractivity (Wildman–Crippen MR) is 132 cm³/mol. The first-order valence-electron chi connectivity index (χ1n) is 11.5. The van der Waals surface area contributed by atoms with Gasteiger partial charge in [0.25, 0.3) is 0 Å². The molecular formula is C25H22FN7O3. The molecule has 0 unspecified atom stereocenters. The third-order valence-corrected chi connectivity index (χ3v) is 6.75. The van der Waals surface area contributed by atoms with E-state index in [-0.39, 0.29) is 28.6 Å². The average Bonchev–Trinajstić information content (AvgIpc) is 3.61. The third-order valence-electron chi connectivity index (χ3n) is 6.75. The molecule has 0 amide bonds. The molecule has 10 nitrogen and oxygen atoms in total. The van der Waals surface area contributed by atoms with Crippen molar-refractivity contribution in [3.8, 4) is 11.3 Å². The van der Waals surface area contributed by atoms with E-state index in [1.54, 1.807) is 16.8 Å². The zero-order valence-electron chi connectivity index (χ0n) is 19.1. The standard InChI is InChI=1S/C25H22FN7O3/c26-18-8-16-21(34)17(24(35)36)11-33(15-2-3-15)23(16)30-20(18)13-1-4-19-12(7-13)5-6-32(19)10-14-9-29-25(28)31-22(14)27/h1,4,7-9,11,15H,2-3,5-6,10H2,(H,35,36)(H4,27,28,29,31). The fourth-order valence-corrected chi connectivity index (χ4v) is 4.78. The normalized spacial score (nSPS) is 14.9. The summed E-state index contributed by atoms with van der Waals surface area (Å²) in [5.74, 6) is -1.55. The number of pyridine rings is 2. The Morgan fingerprint density at radius 3 is 2.72 bits per heavy atom. The van der Waals surface area contributed by atoms with Gasteiger partial charge in [0.05, 0.1) is 5.39 Å². The summed E-state index contributed by atoms with van der Waals surface area (Å²) >= 11 is 0. The minimum atomic E-state index is -1.34. The number of aromatic nitrogens is 4. The van der Waals surface area contributed by atoms with E-state index < -0.39 is 17.2 Å². The molecular weight excluding hydrogens is 465 g/mol. The Hall–Kier alpha value is -4.54. The largest absolute Gasteiger partial charge is 0.477 e. The van der Waals surface area contributed by atoms with Gasteiger partial charge in [0.2, 0.25) is 11.4 Å². The van der Waals surface area contributed by atoms with Crippen LogP contribution in [-0.2, 0) is 13.0 Å². The number of nitrogens with two attached hydrogens (primary N) is 2. The molecule has 5 N–H and O–H groups in total. The van der Waals surface area contributed by atoms with Gasteiger partial charge in [-0.15, -0.1) is 0 Å². The van der Waals surface area contributed by atoms with Crippen molar-refractivity contribution in [2.24, 2.45) is 0 Å². The van der Waals surface area contributed by atoms with E-state index in [1.165, 1.54) is 6.20 Å². The maximum atomic E-state index is 15.3. The minimum absolute atomic E-state index is 0.0290. The van der Waals surface area contributed by atoms with Gasteiger partial charge in [-0.05, 0) is 43.0 Å². The average molecular weight is 487 g/mol. The number of benzene rings is 1. The van der Waals surface area contributed by atoms with E-state index in [0.29, 0.717) is 23.6 Å². The molecule has 1 aliphatic carbocycles. The van der Waals surface area contributed by atoms with Crippen LogP contribution in [-0.4, -0.2) is 37.1 Å². The topological polar surface area (TPSA) is 153 Å². The lowest BCUT2D eigenvalue weighted by atomic mass is 10.0. The van der Waals surface area contributed by atoms with Crippen LogP contribution in [0.25, 0.3) is 22.3 Å². The molecule has 4 heterocycles. The molecule has 1 saturated carbocycles. The van der Waals surface area contributed by atoms with Gasteiger partial charge < -0.3 is 26.0 Å². The molecule has 0 spiro atoms. The number of carbonyl (C=O) groups is 1. The highest BCUT2D eigenvalue weighted by Crippen LogP contribution is 2.38. The summed E-state index contributed by atoms with van der Waals surface area (Å²) in [5.41, 5.74) is 14.3. The molecule has 0 radical (unpaired) electrons. The molecule has 1 aromatic carbocycles. The Kier molecular flexibility index (Phi) is 4.88. The second-order valence-corrected chi connectivity index (χ2v) is 9.16. The minimum Gasteiger partial charge on any atom is -0.477 e. The van der Waals surface area contributed by atoms with E-state index in [4.69, 9.17) is 11.5 Å². The van der Waals surface area contributed by atoms with Crippen molar-refractivity contribution in [2.75, 3.05) is 22.9 Å². The van der Waals surface area contributed by atoms with Crippen molar-refractivity contribution >= 4 is 34.5 Å². The molecule has 2 aliphatic rings. The Labute approximate surface area is 204 Å². The first-order chi connectivity index (χ1) is 17.3. The summed E-state index contributed by atoms with van der Waals surface area (Å²) in [6.45, 7) is 1.26. The number of hydrogen-bond acceptors (Lipinski definition) is 8. The Balaban J connectivity index is 1.39. The van der Waals surface area contributed by atoms with E-state index >= 15 is 4.39 Å². The first-order valence-corrected chi connectivity index (χ1v) is 11.5. The highest BCUT2D eigenvalue weighted by Gasteiger charge is 2.29. The molecule has 3 aromatic heterocycles. The zero-order valence-corrected chi connectivity index (χ0v) is 19.1. The van der Waals surface area contributed by atoms with Crippen LogP contribution in [0, 0.1) is 5.82 Å². The molecule has 0 atom stereocenters. The van der Waals surface area contributed by atoms with Crippen molar-refractivity contribution in [3.63, 3.8) is 0 Å². The predicted octanol–water partition coefficient (Wildman–Crippen LogP) is 2.75. The first kappa shape index (κ1) is 22.0. The number of carboxylic acids is 1. The molecule has 0 saturated heterocycles. The Morgan fingerprint density at radius 1 is 1.19 bits per heavy atom. The molecule has 36 heavy (non-hydrogen) atoms. The lowest BCUT2D eigenvalue weighted by Crippen LogP contribution is -2.21. The van der Waals surface area contributed by atoms with Gasteiger partial charge in [0.1, 0.15) is 28.5 Å². The number of fused-ring (bicyclic) bond motifs is 2. The SMILES string of the molecule is Nc1ncc(CN2CCc3cc(-c4nc5c(cc4F)c(=O)c(C(=O)O)cn5C4CC4)ccc32)c(N)n1. The van der Waals surface area contributed by atoms with Gasteiger partial charge in [-0.2, -0.15) is 4.98 Å². The molecule has 4 aromatic rings. The number of hydrogen-bond donors (Lipinski definition) is 3. The molecule has 1 aliphatic heterocycles. The summed E-state index contributed by atoms with van der Waals surface area (Å²) < 4.78 is 16.9. The maximum absolute atomic E-state index is 15.3. The van der Waals surface area contributed by atoms with Crippen LogP contribution in [0.3, 0.4) is 0 Å². The van der Waals surface area contributed by atoms with E-state index in [2.05, 4.69) is 19.9 Å². The Morgan fingerprint density at radius 2 is 2.00 bits per heavy atom. The lowest BCUT2D eigenvalue weighted by Gasteiger charge is -2.20. The number of anilines is 3. The number of rotatable bonds is 5. The van der Waals surface area contributed by atoms with Crippen LogP contribution in [0.15, 0.2) is 41.5 Å². The smallest absolute Gasteiger partial charge is 0.341 e. The highest BCUT2D eigenvalue weighted by atomic mass is 19.1. The van der Waals surface area contributed by atoms with Crippen molar-refractivity contribution in [2.45, 2.75) is 31.8 Å². The van der Waals surface area contributed by atoms with Gasteiger partial charge in [0.15, 0.2) is 0 Å². The molecule has 1 fully saturated rings. The molecule has 182 valence electrons. The number of nitrogen functional groups attached to an aromatic ring is 2. The third kappa shape index (κ3) is 3.60. The van der Waals surface area contributed by atoms with Gasteiger partial charge in [-0.3, -0.25) is 4.79 Å². The second-order valence-electron chi connectivity index (χ2n) is 9.16. The zero-order chi connectivity index (χ0) is 25.1. The summed E-state index contributed by atoms with van der Waals surface area (Å²) in [5, 5.41) is 9.41. The van der Waals surface area contributed by atoms with E-state index in [9.17, 15) is 14.7 Å². The van der Waals surface area contributed by atoms with Crippen molar-refractivity contribution in [1.29, 1.82) is 0 Å². The summed E-state index contributed by atoms with van der Waals surface area (Å²) in [7, 11) is 0. The van der Waals surface area contributed by atoms with Crippen LogP contribution in [0.4, 0.5) is 21.8 Å². The lowest BCUT2D eigenvalue weighted by molar-refractivity contribution is 0.0695. The maximum Gasteiger partial charge on any atom is 0.341 e. The molecule has 6 rings (SSSR count). The van der Waals surface area contributed by atoms with Crippen molar-refractivity contribution < 1.29 is 14.3 Å². The molecule has 0 bridgehead atoms. The van der Waals surface area contributed by atoms with Crippen LogP contribution >= 0.6 is 0 Å². The second kappa shape index (κ2) is 8.01. The van der Waals surface area contributed by atoms with Crippen LogP contribution in [0.5, 0.6) is 0 Å². The van der Waals surface area contributed by atoms with Crippen molar-refractivity contribution in [1.82, 2.24) is 19.5 Å². The van der Waals surface area contributed by atoms with Gasteiger partial charge in [-0.1, -0.05) is 6.07 Å². The Bertz CT molecular complexity index is 1630. The fraction of sp³-hybridized carbons (Fsp3) is 0.240. The van der Waals surface area contributed by atoms with Crippen LogP contribution in [0.1, 0.15) is 40.4 Å². The van der Waals surface area contributed by atoms with E-state index in [0.717, 1.165) is 48.7 Å². The van der Waals surface area contributed by atoms with Gasteiger partial charge in [0, 0.05) is 48.3 Å². The summed E-state index contributed by atoms with van der Waals surface area (Å²) in [6, 6.07) is 6.77. The monoisotopic (exact) mass is 487 g/mol. The molecule has 11 heteroatoms. The van der Waals surface area contributed by atoms with Gasteiger partial charge >= 0.3 is 5.97 Å². The fourth-order valence-electron chi connectivity index (χ4n) is 4.78. The van der Waals surface area contributed by atoms with Crippen LogP contribution < -0.4 is 21.8 Å². The number of nitrogens with zero attached hydrogens (tertiary/aromatic N) is 5.